The molecule has 0 spiro atoms. The second-order valence-electron chi connectivity index (χ2n) is 5.22. The molecule has 0 unspecified atom stereocenters. The van der Waals surface area contributed by atoms with Crippen LogP contribution in [-0.2, 0) is 0 Å². The summed E-state index contributed by atoms with van der Waals surface area (Å²) in [6, 6.07) is 6.01. The molecule has 0 saturated heterocycles. The highest BCUT2D eigenvalue weighted by Gasteiger charge is 2.12. The lowest BCUT2D eigenvalue weighted by molar-refractivity contribution is 0.255. The number of nitrogens with one attached hydrogen (secondary N) is 2. The second-order valence-corrected chi connectivity index (χ2v) is 5.22. The molecular formula is C14H20N2O2. The maximum atomic E-state index is 11.6. The topological polar surface area (TPSA) is 61.4 Å². The number of anilines is 1. The van der Waals surface area contributed by atoms with Gasteiger partial charge in [-0.15, -0.1) is 0 Å². The van der Waals surface area contributed by atoms with Crippen molar-refractivity contribution >= 4 is 11.7 Å². The molecule has 0 radical (unpaired) electrons. The van der Waals surface area contributed by atoms with Gasteiger partial charge in [0.1, 0.15) is 5.75 Å². The van der Waals surface area contributed by atoms with E-state index in [0.29, 0.717) is 5.69 Å². The number of carbonyl (C=O) groups is 1. The zero-order valence-corrected chi connectivity index (χ0v) is 11.2. The molecular weight excluding hydrogens is 228 g/mol. The molecule has 1 rings (SSSR count). The van der Waals surface area contributed by atoms with Gasteiger partial charge < -0.3 is 15.7 Å². The number of phenolic OH excluding ortho intramolecular Hbond substituents is 1. The number of phenols is 1. The van der Waals surface area contributed by atoms with Crippen LogP contribution in [-0.4, -0.2) is 11.1 Å². The minimum atomic E-state index is -0.302. The van der Waals surface area contributed by atoms with Gasteiger partial charge in [-0.3, -0.25) is 0 Å². The zero-order valence-electron chi connectivity index (χ0n) is 11.2. The molecule has 0 fully saturated rings. The summed E-state index contributed by atoms with van der Waals surface area (Å²) in [5, 5.41) is 14.5. The van der Waals surface area contributed by atoms with E-state index < -0.39 is 0 Å². The Morgan fingerprint density at radius 2 is 1.78 bits per heavy atom. The van der Waals surface area contributed by atoms with Gasteiger partial charge in [0, 0.05) is 11.9 Å². The van der Waals surface area contributed by atoms with Gasteiger partial charge in [-0.2, -0.15) is 0 Å². The Kier molecular flexibility index (Phi) is 4.37. The van der Waals surface area contributed by atoms with Crippen LogP contribution >= 0.6 is 0 Å². The third-order valence-corrected chi connectivity index (χ3v) is 2.73. The van der Waals surface area contributed by atoms with Crippen LogP contribution in [0.15, 0.2) is 36.0 Å². The molecule has 0 saturated carbocycles. The lowest BCUT2D eigenvalue weighted by Gasteiger charge is -2.19. The Morgan fingerprint density at radius 3 is 2.28 bits per heavy atom. The van der Waals surface area contributed by atoms with E-state index in [2.05, 4.69) is 31.4 Å². The van der Waals surface area contributed by atoms with Gasteiger partial charge in [0.2, 0.25) is 0 Å². The van der Waals surface area contributed by atoms with Crippen LogP contribution in [0.5, 0.6) is 5.75 Å². The van der Waals surface area contributed by atoms with Crippen molar-refractivity contribution in [3.05, 3.63) is 36.0 Å². The van der Waals surface area contributed by atoms with Gasteiger partial charge in [-0.1, -0.05) is 26.3 Å². The lowest BCUT2D eigenvalue weighted by Crippen LogP contribution is -2.25. The van der Waals surface area contributed by atoms with Crippen molar-refractivity contribution in [2.45, 2.75) is 27.7 Å². The van der Waals surface area contributed by atoms with E-state index in [1.165, 1.54) is 12.1 Å². The van der Waals surface area contributed by atoms with E-state index in [-0.39, 0.29) is 17.2 Å². The fourth-order valence-corrected chi connectivity index (χ4v) is 1.10. The zero-order chi connectivity index (χ0) is 13.8. The van der Waals surface area contributed by atoms with E-state index >= 15 is 0 Å². The maximum Gasteiger partial charge on any atom is 0.323 e. The number of amides is 2. The average Bonchev–Trinajstić information content (AvgIpc) is 2.28. The highest BCUT2D eigenvalue weighted by molar-refractivity contribution is 5.89. The van der Waals surface area contributed by atoms with Crippen molar-refractivity contribution in [2.75, 3.05) is 5.32 Å². The summed E-state index contributed by atoms with van der Waals surface area (Å²) in [5.41, 5.74) is 1.75. The summed E-state index contributed by atoms with van der Waals surface area (Å²) in [5.74, 6) is 0.171. The number of benzene rings is 1. The first-order valence-electron chi connectivity index (χ1n) is 5.83. The van der Waals surface area contributed by atoms with E-state index in [0.717, 1.165) is 5.57 Å². The van der Waals surface area contributed by atoms with Gasteiger partial charge in [0.15, 0.2) is 0 Å². The van der Waals surface area contributed by atoms with Crippen molar-refractivity contribution in [2.24, 2.45) is 5.41 Å². The fourth-order valence-electron chi connectivity index (χ4n) is 1.10. The monoisotopic (exact) mass is 248 g/mol. The molecule has 2 amide bonds. The fraction of sp³-hybridized carbons (Fsp3) is 0.357. The third-order valence-electron chi connectivity index (χ3n) is 2.73. The van der Waals surface area contributed by atoms with E-state index in [1.807, 2.05) is 6.92 Å². The molecule has 0 aromatic heterocycles. The number of carbonyl (C=O) groups excluding carboxylic acids is 1. The number of allylic oxidation sites excluding steroid dienone is 1. The van der Waals surface area contributed by atoms with Gasteiger partial charge >= 0.3 is 6.03 Å². The lowest BCUT2D eigenvalue weighted by atomic mass is 9.88. The van der Waals surface area contributed by atoms with Crippen LogP contribution in [0, 0.1) is 5.41 Å². The SMILES string of the molecule is C/C(=C\NC(=O)Nc1ccc(O)cc1)C(C)(C)C. The molecule has 0 heterocycles. The molecule has 4 nitrogen and oxygen atoms in total. The van der Waals surface area contributed by atoms with Crippen LogP contribution in [0.4, 0.5) is 10.5 Å². The summed E-state index contributed by atoms with van der Waals surface area (Å²) in [7, 11) is 0. The Labute approximate surface area is 108 Å². The van der Waals surface area contributed by atoms with E-state index in [9.17, 15) is 4.79 Å². The summed E-state index contributed by atoms with van der Waals surface area (Å²) >= 11 is 0. The number of urea groups is 1. The third kappa shape index (κ3) is 4.49. The van der Waals surface area contributed by atoms with Crippen molar-refractivity contribution in [1.82, 2.24) is 5.32 Å². The Bertz CT molecular complexity index is 442. The standard InChI is InChI=1S/C14H20N2O2/c1-10(14(2,3)4)9-15-13(18)16-11-5-7-12(17)8-6-11/h5-9,17H,1-4H3,(H2,15,16,18)/b10-9+. The smallest absolute Gasteiger partial charge is 0.323 e. The quantitative estimate of drug-likeness (QED) is 0.702. The Morgan fingerprint density at radius 1 is 1.22 bits per heavy atom. The molecule has 98 valence electrons. The van der Waals surface area contributed by atoms with Crippen LogP contribution in [0.3, 0.4) is 0 Å². The highest BCUT2D eigenvalue weighted by Crippen LogP contribution is 2.23. The molecule has 3 N–H and O–H groups in total. The molecule has 1 aromatic carbocycles. The first-order chi connectivity index (χ1) is 8.29. The number of rotatable bonds is 2. The molecule has 18 heavy (non-hydrogen) atoms. The summed E-state index contributed by atoms with van der Waals surface area (Å²) in [6.45, 7) is 8.22. The average molecular weight is 248 g/mol. The minimum Gasteiger partial charge on any atom is -0.508 e. The normalized spacial score (nSPS) is 12.1. The first-order valence-corrected chi connectivity index (χ1v) is 5.83. The Hall–Kier alpha value is -1.97. The van der Waals surface area contributed by atoms with E-state index in [4.69, 9.17) is 5.11 Å². The molecule has 1 aromatic rings. The van der Waals surface area contributed by atoms with Crippen molar-refractivity contribution in [3.8, 4) is 5.75 Å². The van der Waals surface area contributed by atoms with E-state index in [1.54, 1.807) is 18.3 Å². The van der Waals surface area contributed by atoms with Gasteiger partial charge in [0.25, 0.3) is 0 Å². The number of hydrogen-bond donors (Lipinski definition) is 3. The molecule has 4 heteroatoms. The van der Waals surface area contributed by atoms with Crippen molar-refractivity contribution in [3.63, 3.8) is 0 Å². The van der Waals surface area contributed by atoms with Gasteiger partial charge in [-0.05, 0) is 36.6 Å². The molecule has 0 aliphatic rings. The van der Waals surface area contributed by atoms with Crippen LogP contribution < -0.4 is 10.6 Å². The Balaban J connectivity index is 2.55. The van der Waals surface area contributed by atoms with Crippen molar-refractivity contribution < 1.29 is 9.90 Å². The number of hydrogen-bond acceptors (Lipinski definition) is 2. The minimum absolute atomic E-state index is 0.0335. The summed E-state index contributed by atoms with van der Waals surface area (Å²) in [4.78, 5) is 11.6. The first kappa shape index (κ1) is 14.1. The molecule has 0 aliphatic carbocycles. The summed E-state index contributed by atoms with van der Waals surface area (Å²) in [6.07, 6.45) is 1.70. The van der Waals surface area contributed by atoms with Gasteiger partial charge in [-0.25, -0.2) is 4.79 Å². The largest absolute Gasteiger partial charge is 0.508 e. The van der Waals surface area contributed by atoms with Crippen LogP contribution in [0.2, 0.25) is 0 Å². The van der Waals surface area contributed by atoms with Crippen LogP contribution in [0.25, 0.3) is 0 Å². The van der Waals surface area contributed by atoms with Crippen LogP contribution in [0.1, 0.15) is 27.7 Å². The second kappa shape index (κ2) is 5.58. The molecule has 0 atom stereocenters. The van der Waals surface area contributed by atoms with Gasteiger partial charge in [0.05, 0.1) is 0 Å². The predicted molar refractivity (Wildman–Crippen MR) is 73.5 cm³/mol. The highest BCUT2D eigenvalue weighted by atomic mass is 16.3. The van der Waals surface area contributed by atoms with Crippen molar-refractivity contribution in [1.29, 1.82) is 0 Å². The maximum absolute atomic E-state index is 11.6. The summed E-state index contributed by atoms with van der Waals surface area (Å²) < 4.78 is 0. The molecule has 0 aliphatic heterocycles. The number of aromatic hydroxyl groups is 1. The predicted octanol–water partition coefficient (Wildman–Crippen LogP) is 3.46. The molecule has 0 bridgehead atoms.